The molecular formula is C15H22N2O2. The Morgan fingerprint density at radius 1 is 1.47 bits per heavy atom. The number of nitrogens with one attached hydrogen (secondary N) is 2. The van der Waals surface area contributed by atoms with Gasteiger partial charge in [-0.05, 0) is 51.3 Å². The average molecular weight is 262 g/mol. The van der Waals surface area contributed by atoms with Crippen molar-refractivity contribution in [1.29, 1.82) is 0 Å². The molecule has 0 aliphatic carbocycles. The first-order valence-corrected chi connectivity index (χ1v) is 6.88. The van der Waals surface area contributed by atoms with E-state index >= 15 is 0 Å². The van der Waals surface area contributed by atoms with Crippen LogP contribution in [-0.4, -0.2) is 30.1 Å². The van der Waals surface area contributed by atoms with E-state index in [2.05, 4.69) is 17.6 Å². The number of carbonyl (C=O) groups excluding carboxylic acids is 1. The number of benzene rings is 1. The van der Waals surface area contributed by atoms with E-state index in [-0.39, 0.29) is 11.7 Å². The molecule has 104 valence electrons. The summed E-state index contributed by atoms with van der Waals surface area (Å²) in [5.41, 5.74) is 1.19. The minimum atomic E-state index is -0.105. The molecule has 1 aromatic rings. The number of hydrogen-bond acceptors (Lipinski definition) is 3. The van der Waals surface area contributed by atoms with Gasteiger partial charge in [-0.2, -0.15) is 0 Å². The lowest BCUT2D eigenvalue weighted by Crippen LogP contribution is -2.42. The highest BCUT2D eigenvalue weighted by Crippen LogP contribution is 2.19. The summed E-state index contributed by atoms with van der Waals surface area (Å²) in [5, 5.41) is 16.0. The molecule has 0 radical (unpaired) electrons. The lowest BCUT2D eigenvalue weighted by atomic mass is 9.95. The van der Waals surface area contributed by atoms with Gasteiger partial charge in [-0.3, -0.25) is 4.79 Å². The van der Waals surface area contributed by atoms with E-state index in [1.165, 1.54) is 0 Å². The fourth-order valence-corrected chi connectivity index (χ4v) is 2.43. The van der Waals surface area contributed by atoms with Crippen LogP contribution < -0.4 is 10.6 Å². The molecule has 1 fully saturated rings. The number of phenolic OH excluding ortho intramolecular Hbond substituents is 1. The third kappa shape index (κ3) is 3.47. The molecule has 4 nitrogen and oxygen atoms in total. The standard InChI is InChI=1S/C15H22N2O2/c1-10-6-7-12(8-16-10)9-17-15(19)13-4-3-5-14(18)11(13)2/h3-5,10,12,16,18H,6-9H2,1-2H3,(H,17,19). The molecule has 0 saturated carbocycles. The zero-order valence-corrected chi connectivity index (χ0v) is 11.6. The van der Waals surface area contributed by atoms with Gasteiger partial charge in [-0.15, -0.1) is 0 Å². The van der Waals surface area contributed by atoms with Crippen LogP contribution in [-0.2, 0) is 0 Å². The first-order valence-electron chi connectivity index (χ1n) is 6.88. The van der Waals surface area contributed by atoms with E-state index in [1.807, 2.05) is 0 Å². The van der Waals surface area contributed by atoms with Crippen LogP contribution in [0.4, 0.5) is 0 Å². The highest BCUT2D eigenvalue weighted by molar-refractivity contribution is 5.96. The Kier molecular flexibility index (Phi) is 4.43. The number of hydrogen-bond donors (Lipinski definition) is 3. The predicted octanol–water partition coefficient (Wildman–Crippen LogP) is 1.82. The third-order valence-electron chi connectivity index (χ3n) is 3.86. The number of piperidine rings is 1. The molecule has 1 aliphatic rings. The number of phenols is 1. The van der Waals surface area contributed by atoms with Crippen molar-refractivity contribution in [3.05, 3.63) is 29.3 Å². The molecule has 19 heavy (non-hydrogen) atoms. The van der Waals surface area contributed by atoms with E-state index in [9.17, 15) is 9.90 Å². The Labute approximate surface area is 114 Å². The quantitative estimate of drug-likeness (QED) is 0.778. The predicted molar refractivity (Wildman–Crippen MR) is 75.4 cm³/mol. The Balaban J connectivity index is 1.89. The molecule has 0 aromatic heterocycles. The Morgan fingerprint density at radius 2 is 2.26 bits per heavy atom. The second kappa shape index (κ2) is 6.06. The second-order valence-corrected chi connectivity index (χ2v) is 5.41. The second-order valence-electron chi connectivity index (χ2n) is 5.41. The van der Waals surface area contributed by atoms with Crippen molar-refractivity contribution in [3.63, 3.8) is 0 Å². The Bertz CT molecular complexity index is 451. The first-order chi connectivity index (χ1) is 9.08. The summed E-state index contributed by atoms with van der Waals surface area (Å²) in [5.74, 6) is 0.561. The first kappa shape index (κ1) is 13.9. The largest absolute Gasteiger partial charge is 0.508 e. The van der Waals surface area contributed by atoms with Crippen LogP contribution in [0.5, 0.6) is 5.75 Å². The van der Waals surface area contributed by atoms with Crippen LogP contribution in [0.3, 0.4) is 0 Å². The summed E-state index contributed by atoms with van der Waals surface area (Å²) in [4.78, 5) is 12.1. The van der Waals surface area contributed by atoms with Crippen LogP contribution in [0, 0.1) is 12.8 Å². The molecule has 1 aromatic carbocycles. The zero-order chi connectivity index (χ0) is 13.8. The monoisotopic (exact) mass is 262 g/mol. The fraction of sp³-hybridized carbons (Fsp3) is 0.533. The maximum atomic E-state index is 12.1. The zero-order valence-electron chi connectivity index (χ0n) is 11.6. The van der Waals surface area contributed by atoms with Crippen LogP contribution >= 0.6 is 0 Å². The molecule has 1 aliphatic heterocycles. The van der Waals surface area contributed by atoms with Crippen molar-refractivity contribution in [2.45, 2.75) is 32.7 Å². The van der Waals surface area contributed by atoms with Gasteiger partial charge in [-0.25, -0.2) is 0 Å². The molecule has 1 saturated heterocycles. The van der Waals surface area contributed by atoms with E-state index in [0.717, 1.165) is 19.4 Å². The minimum Gasteiger partial charge on any atom is -0.508 e. The highest BCUT2D eigenvalue weighted by Gasteiger charge is 2.19. The normalized spacial score (nSPS) is 23.1. The lowest BCUT2D eigenvalue weighted by Gasteiger charge is -2.27. The molecule has 2 atom stereocenters. The Morgan fingerprint density at radius 3 is 2.95 bits per heavy atom. The average Bonchev–Trinajstić information content (AvgIpc) is 2.41. The summed E-state index contributed by atoms with van der Waals surface area (Å²) >= 11 is 0. The summed E-state index contributed by atoms with van der Waals surface area (Å²) in [6.45, 7) is 5.59. The van der Waals surface area contributed by atoms with Crippen LogP contribution in [0.1, 0.15) is 35.7 Å². The van der Waals surface area contributed by atoms with Crippen molar-refractivity contribution >= 4 is 5.91 Å². The van der Waals surface area contributed by atoms with Crippen LogP contribution in [0.25, 0.3) is 0 Å². The number of aromatic hydroxyl groups is 1. The maximum absolute atomic E-state index is 12.1. The molecule has 1 heterocycles. The number of amides is 1. The lowest BCUT2D eigenvalue weighted by molar-refractivity contribution is 0.0943. The van der Waals surface area contributed by atoms with E-state index in [1.54, 1.807) is 25.1 Å². The van der Waals surface area contributed by atoms with Gasteiger partial charge in [0.2, 0.25) is 0 Å². The summed E-state index contributed by atoms with van der Waals surface area (Å²) in [6.07, 6.45) is 2.30. The van der Waals surface area contributed by atoms with Crippen molar-refractivity contribution in [2.24, 2.45) is 5.92 Å². The third-order valence-corrected chi connectivity index (χ3v) is 3.86. The summed E-state index contributed by atoms with van der Waals surface area (Å²) in [7, 11) is 0. The maximum Gasteiger partial charge on any atom is 0.251 e. The number of rotatable bonds is 3. The highest BCUT2D eigenvalue weighted by atomic mass is 16.3. The van der Waals surface area contributed by atoms with Gasteiger partial charge in [0.1, 0.15) is 5.75 Å². The van der Waals surface area contributed by atoms with Crippen LogP contribution in [0.15, 0.2) is 18.2 Å². The van der Waals surface area contributed by atoms with Gasteiger partial charge in [0, 0.05) is 23.7 Å². The molecule has 1 amide bonds. The fourth-order valence-electron chi connectivity index (χ4n) is 2.43. The Hall–Kier alpha value is -1.55. The van der Waals surface area contributed by atoms with Crippen LogP contribution in [0.2, 0.25) is 0 Å². The summed E-state index contributed by atoms with van der Waals surface area (Å²) in [6, 6.07) is 5.62. The van der Waals surface area contributed by atoms with Gasteiger partial charge < -0.3 is 15.7 Å². The van der Waals surface area contributed by atoms with E-state index in [0.29, 0.717) is 29.6 Å². The molecule has 2 rings (SSSR count). The minimum absolute atomic E-state index is 0.105. The SMILES string of the molecule is Cc1c(O)cccc1C(=O)NCC1CCC(C)NC1. The van der Waals surface area contributed by atoms with Gasteiger partial charge in [0.15, 0.2) is 0 Å². The van der Waals surface area contributed by atoms with Crippen molar-refractivity contribution in [2.75, 3.05) is 13.1 Å². The molecule has 0 bridgehead atoms. The van der Waals surface area contributed by atoms with Gasteiger partial charge in [0.25, 0.3) is 5.91 Å². The van der Waals surface area contributed by atoms with Crippen molar-refractivity contribution in [1.82, 2.24) is 10.6 Å². The smallest absolute Gasteiger partial charge is 0.251 e. The molecule has 0 spiro atoms. The topological polar surface area (TPSA) is 61.4 Å². The van der Waals surface area contributed by atoms with Crippen molar-refractivity contribution < 1.29 is 9.90 Å². The molecule has 2 unspecified atom stereocenters. The van der Waals surface area contributed by atoms with E-state index < -0.39 is 0 Å². The summed E-state index contributed by atoms with van der Waals surface area (Å²) < 4.78 is 0. The van der Waals surface area contributed by atoms with Gasteiger partial charge in [-0.1, -0.05) is 6.07 Å². The van der Waals surface area contributed by atoms with E-state index in [4.69, 9.17) is 0 Å². The van der Waals surface area contributed by atoms with Gasteiger partial charge in [0.05, 0.1) is 0 Å². The molecular weight excluding hydrogens is 240 g/mol. The number of carbonyl (C=O) groups is 1. The molecule has 4 heteroatoms. The van der Waals surface area contributed by atoms with Crippen molar-refractivity contribution in [3.8, 4) is 5.75 Å². The van der Waals surface area contributed by atoms with Gasteiger partial charge >= 0.3 is 0 Å². The molecule has 3 N–H and O–H groups in total.